The van der Waals surface area contributed by atoms with Gasteiger partial charge in [-0.15, -0.1) is 0 Å². The number of halogens is 1. The molecule has 0 heterocycles. The summed E-state index contributed by atoms with van der Waals surface area (Å²) in [4.78, 5) is 0. The topological polar surface area (TPSA) is 0 Å². The van der Waals surface area contributed by atoms with E-state index < -0.39 is 20.0 Å². The second kappa shape index (κ2) is 4.84. The summed E-state index contributed by atoms with van der Waals surface area (Å²) in [5.41, 5.74) is 0. The van der Waals surface area contributed by atoms with Crippen LogP contribution in [0, 0.1) is 0 Å². The quantitative estimate of drug-likeness (QED) is 0.675. The molecule has 0 amide bonds. The molecule has 0 bridgehead atoms. The minimum atomic E-state index is -0.558. The van der Waals surface area contributed by atoms with Crippen LogP contribution in [0.25, 0.3) is 0 Å². The van der Waals surface area contributed by atoms with Crippen molar-refractivity contribution in [3.05, 3.63) is 0 Å². The molecule has 0 aliphatic heterocycles. The molecule has 2 radical (unpaired) electrons. The average Bonchev–Trinajstić information content (AvgIpc) is 1.95. The summed E-state index contributed by atoms with van der Waals surface area (Å²) in [6.07, 6.45) is 3.86. The summed E-state index contributed by atoms with van der Waals surface area (Å²) >= 11 is -0.558. The van der Waals surface area contributed by atoms with E-state index >= 15 is 0 Å². The first-order valence-electron chi connectivity index (χ1n) is 3.62. The molecule has 0 rings (SSSR count). The van der Waals surface area contributed by atoms with Crippen molar-refractivity contribution in [2.75, 3.05) is 0 Å². The Kier molecular flexibility index (Phi) is 5.42. The van der Waals surface area contributed by atoms with E-state index in [1.54, 1.807) is 0 Å². The molecule has 2 heteroatoms. The Hall–Kier alpha value is 1.09. The van der Waals surface area contributed by atoms with Crippen LogP contribution in [0.3, 0.4) is 0 Å². The predicted molar refractivity (Wildman–Crippen MR) is 45.2 cm³/mol. The van der Waals surface area contributed by atoms with Crippen molar-refractivity contribution < 1.29 is 0 Å². The fourth-order valence-electron chi connectivity index (χ4n) is 0.950. The Morgan fingerprint density at radius 2 is 1.44 bits per heavy atom. The summed E-state index contributed by atoms with van der Waals surface area (Å²) < 4.78 is 0.602. The van der Waals surface area contributed by atoms with E-state index in [0.29, 0.717) is 3.43 Å². The monoisotopic (exact) mass is 254 g/mol. The summed E-state index contributed by atoms with van der Waals surface area (Å²) in [5, 5.41) is 0. The van der Waals surface area contributed by atoms with Gasteiger partial charge in [0, 0.05) is 0 Å². The molecule has 0 atom stereocenters. The molecule has 0 aromatic rings. The van der Waals surface area contributed by atoms with Crippen LogP contribution in [0.2, 0.25) is 3.43 Å². The molecule has 0 nitrogen and oxygen atoms in total. The van der Waals surface area contributed by atoms with Crippen molar-refractivity contribution in [1.82, 2.24) is 0 Å². The van der Waals surface area contributed by atoms with Gasteiger partial charge in [-0.2, -0.15) is 0 Å². The molecule has 0 unspecified atom stereocenters. The zero-order valence-corrected chi connectivity index (χ0v) is 10.1. The number of hydrogen-bond acceptors (Lipinski definition) is 0. The molecule has 54 valence electrons. The maximum absolute atomic E-state index is 5.99. The Morgan fingerprint density at radius 3 is 1.44 bits per heavy atom. The molecule has 0 N–H and O–H groups in total. The van der Waals surface area contributed by atoms with E-state index in [1.165, 1.54) is 19.3 Å². The van der Waals surface area contributed by atoms with E-state index in [1.807, 2.05) is 0 Å². The Labute approximate surface area is 72.3 Å². The second-order valence-corrected chi connectivity index (χ2v) is 7.27. The van der Waals surface area contributed by atoms with E-state index in [0.717, 1.165) is 0 Å². The first-order chi connectivity index (χ1) is 4.24. The van der Waals surface area contributed by atoms with Crippen molar-refractivity contribution in [2.45, 2.75) is 43.5 Å². The van der Waals surface area contributed by atoms with Gasteiger partial charge < -0.3 is 0 Å². The van der Waals surface area contributed by atoms with Crippen molar-refractivity contribution >= 4 is 28.9 Å². The van der Waals surface area contributed by atoms with Gasteiger partial charge in [0.05, 0.1) is 0 Å². The fraction of sp³-hybridized carbons (Fsp3) is 1.00. The van der Waals surface area contributed by atoms with Gasteiger partial charge in [-0.25, -0.2) is 0 Å². The molecule has 0 fully saturated rings. The van der Waals surface area contributed by atoms with Crippen molar-refractivity contribution in [2.24, 2.45) is 0 Å². The summed E-state index contributed by atoms with van der Waals surface area (Å²) in [5.74, 6) is 0. The molecule has 0 aliphatic carbocycles. The first-order valence-corrected chi connectivity index (χ1v) is 8.66. The third kappa shape index (κ3) is 2.67. The maximum atomic E-state index is 5.99. The Morgan fingerprint density at radius 1 is 1.11 bits per heavy atom. The van der Waals surface area contributed by atoms with Gasteiger partial charge in [-0.1, -0.05) is 0 Å². The van der Waals surface area contributed by atoms with Crippen LogP contribution in [0.15, 0.2) is 0 Å². The zero-order chi connectivity index (χ0) is 7.33. The van der Waals surface area contributed by atoms with Gasteiger partial charge in [-0.05, 0) is 0 Å². The van der Waals surface area contributed by atoms with Gasteiger partial charge in [-0.3, -0.25) is 0 Å². The van der Waals surface area contributed by atoms with E-state index in [2.05, 4.69) is 20.8 Å². The molecule has 0 saturated carbocycles. The van der Waals surface area contributed by atoms with E-state index in [4.69, 9.17) is 8.92 Å². The molecule has 0 saturated heterocycles. The van der Waals surface area contributed by atoms with Gasteiger partial charge in [0.25, 0.3) is 0 Å². The summed E-state index contributed by atoms with van der Waals surface area (Å²) in [6.45, 7) is 6.78. The van der Waals surface area contributed by atoms with Gasteiger partial charge in [0.15, 0.2) is 0 Å². The average molecular weight is 253 g/mol. The van der Waals surface area contributed by atoms with Gasteiger partial charge in [0.2, 0.25) is 0 Å². The third-order valence-corrected chi connectivity index (χ3v) is 9.09. The van der Waals surface area contributed by atoms with Crippen LogP contribution in [0.1, 0.15) is 40.0 Å². The molecule has 0 aromatic carbocycles. The van der Waals surface area contributed by atoms with Crippen molar-refractivity contribution in [3.8, 4) is 0 Å². The zero-order valence-electron chi connectivity index (χ0n) is 6.50. The molecule has 9 heavy (non-hydrogen) atoms. The number of hydrogen-bond donors (Lipinski definition) is 0. The predicted octanol–water partition coefficient (Wildman–Crippen LogP) is 3.23. The van der Waals surface area contributed by atoms with Crippen LogP contribution in [-0.4, -0.2) is 20.0 Å². The van der Waals surface area contributed by atoms with Crippen molar-refractivity contribution in [1.29, 1.82) is 0 Å². The third-order valence-electron chi connectivity index (χ3n) is 2.23. The van der Waals surface area contributed by atoms with Crippen LogP contribution in [0.4, 0.5) is 0 Å². The molecular weight excluding hydrogens is 238 g/mol. The SMILES string of the molecule is CC[C](CC)(CC)[Sn][Cl]. The van der Waals surface area contributed by atoms with Gasteiger partial charge >= 0.3 is 72.4 Å². The molecule has 0 aliphatic rings. The van der Waals surface area contributed by atoms with E-state index in [-0.39, 0.29) is 0 Å². The van der Waals surface area contributed by atoms with Crippen LogP contribution >= 0.6 is 8.92 Å². The summed E-state index contributed by atoms with van der Waals surface area (Å²) in [7, 11) is 5.99. The minimum absolute atomic E-state index is 0.558. The van der Waals surface area contributed by atoms with Crippen LogP contribution in [0.5, 0.6) is 0 Å². The first kappa shape index (κ1) is 10.1. The Bertz CT molecular complexity index is 51.8. The molecule has 0 aromatic heterocycles. The normalized spacial score (nSPS) is 12.0. The Balaban J connectivity index is 3.82. The second-order valence-electron chi connectivity index (χ2n) is 2.44. The van der Waals surface area contributed by atoms with Gasteiger partial charge in [0.1, 0.15) is 0 Å². The molecular formula is C7H15ClSn. The fourth-order valence-corrected chi connectivity index (χ4v) is 4.78. The molecule has 0 spiro atoms. The van der Waals surface area contributed by atoms with Crippen molar-refractivity contribution in [3.63, 3.8) is 0 Å². The van der Waals surface area contributed by atoms with Crippen LogP contribution < -0.4 is 0 Å². The number of rotatable bonds is 4. The van der Waals surface area contributed by atoms with Crippen LogP contribution in [-0.2, 0) is 0 Å². The summed E-state index contributed by atoms with van der Waals surface area (Å²) in [6, 6.07) is 0. The van der Waals surface area contributed by atoms with E-state index in [9.17, 15) is 0 Å². The standard InChI is InChI=1S/C7H15.ClH.Sn/c1-4-7(5-2)6-3;;/h4-6H2,1-3H3;1H;/q;;+1/p-1.